The number of carbonyl (C=O) groups is 1. The van der Waals surface area contributed by atoms with Crippen LogP contribution >= 0.6 is 23.2 Å². The number of rotatable bonds is 3. The lowest BCUT2D eigenvalue weighted by Gasteiger charge is -2.20. The molecule has 0 fully saturated rings. The highest BCUT2D eigenvalue weighted by atomic mass is 35.5. The van der Waals surface area contributed by atoms with Gasteiger partial charge in [0.25, 0.3) is 0 Å². The van der Waals surface area contributed by atoms with Crippen LogP contribution in [0.2, 0.25) is 10.0 Å². The zero-order chi connectivity index (χ0) is 17.3. The van der Waals surface area contributed by atoms with E-state index in [0.29, 0.717) is 35.1 Å². The van der Waals surface area contributed by atoms with Gasteiger partial charge in [-0.3, -0.25) is 4.79 Å². The highest BCUT2D eigenvalue weighted by Crippen LogP contribution is 2.26. The maximum atomic E-state index is 12.6. The van der Waals surface area contributed by atoms with Gasteiger partial charge in [-0.2, -0.15) is 5.26 Å². The molecule has 4 nitrogen and oxygen atoms in total. The van der Waals surface area contributed by atoms with Gasteiger partial charge < -0.3 is 10.6 Å². The quantitative estimate of drug-likeness (QED) is 0.913. The topological polar surface area (TPSA) is 70.1 Å². The van der Waals surface area contributed by atoms with Gasteiger partial charge in [0.1, 0.15) is 0 Å². The molecule has 0 saturated heterocycles. The number of amides is 1. The molecule has 0 saturated carbocycles. The first-order chi connectivity index (χ1) is 11.5. The van der Waals surface area contributed by atoms with Crippen molar-refractivity contribution in [2.24, 2.45) is 5.73 Å². The van der Waals surface area contributed by atoms with Gasteiger partial charge in [0.15, 0.2) is 0 Å². The molecule has 2 N–H and O–H groups in total. The first-order valence-electron chi connectivity index (χ1n) is 7.48. The lowest BCUT2D eigenvalue weighted by Crippen LogP contribution is -2.42. The van der Waals surface area contributed by atoms with E-state index in [-0.39, 0.29) is 5.91 Å². The Kier molecular flexibility index (Phi) is 4.77. The van der Waals surface area contributed by atoms with E-state index in [1.54, 1.807) is 29.2 Å². The van der Waals surface area contributed by atoms with E-state index in [4.69, 9.17) is 34.2 Å². The van der Waals surface area contributed by atoms with E-state index in [1.165, 1.54) is 0 Å². The van der Waals surface area contributed by atoms with Crippen molar-refractivity contribution < 1.29 is 4.79 Å². The number of hydrogen-bond acceptors (Lipinski definition) is 3. The maximum Gasteiger partial charge on any atom is 0.240 e. The van der Waals surface area contributed by atoms with Crippen LogP contribution in [0.4, 0.5) is 0 Å². The number of nitrogens with two attached hydrogens (primary N) is 1. The molecule has 122 valence electrons. The van der Waals surface area contributed by atoms with Crippen molar-refractivity contribution in [1.82, 2.24) is 4.90 Å². The Morgan fingerprint density at radius 1 is 1.21 bits per heavy atom. The fourth-order valence-corrected chi connectivity index (χ4v) is 3.35. The number of nitrogens with zero attached hydrogens (tertiary/aromatic N) is 2. The number of nitriles is 1. The summed E-state index contributed by atoms with van der Waals surface area (Å²) < 4.78 is 0. The Hall–Kier alpha value is -2.06. The molecule has 1 aliphatic rings. The number of halogens is 2. The van der Waals surface area contributed by atoms with E-state index in [9.17, 15) is 4.79 Å². The van der Waals surface area contributed by atoms with Crippen molar-refractivity contribution in [3.63, 3.8) is 0 Å². The summed E-state index contributed by atoms with van der Waals surface area (Å²) in [5.41, 5.74) is 9.54. The molecule has 0 bridgehead atoms. The fraction of sp³-hybridized carbons (Fsp3) is 0.222. The second-order valence-electron chi connectivity index (χ2n) is 5.84. The minimum absolute atomic E-state index is 0.129. The van der Waals surface area contributed by atoms with Crippen LogP contribution in [0.1, 0.15) is 22.3 Å². The highest BCUT2D eigenvalue weighted by Gasteiger charge is 2.27. The molecule has 1 unspecified atom stereocenters. The molecule has 2 aromatic carbocycles. The number of hydrogen-bond donors (Lipinski definition) is 1. The van der Waals surface area contributed by atoms with Gasteiger partial charge in [-0.05, 0) is 47.4 Å². The Labute approximate surface area is 150 Å². The number of benzene rings is 2. The van der Waals surface area contributed by atoms with Crippen LogP contribution in [0.5, 0.6) is 0 Å². The molecule has 1 aliphatic heterocycles. The van der Waals surface area contributed by atoms with E-state index < -0.39 is 6.04 Å². The van der Waals surface area contributed by atoms with Gasteiger partial charge in [-0.1, -0.05) is 35.3 Å². The first-order valence-corrected chi connectivity index (χ1v) is 8.23. The molecule has 6 heteroatoms. The van der Waals surface area contributed by atoms with Gasteiger partial charge in [-0.15, -0.1) is 0 Å². The predicted octanol–water partition coefficient (Wildman–Crippen LogP) is 3.28. The molecular weight excluding hydrogens is 345 g/mol. The predicted molar refractivity (Wildman–Crippen MR) is 93.6 cm³/mol. The second kappa shape index (κ2) is 6.82. The molecule has 0 aliphatic carbocycles. The third kappa shape index (κ3) is 3.39. The van der Waals surface area contributed by atoms with Crippen molar-refractivity contribution in [3.05, 3.63) is 68.7 Å². The summed E-state index contributed by atoms with van der Waals surface area (Å²) in [6, 6.07) is 12.1. The molecule has 0 aromatic heterocycles. The summed E-state index contributed by atoms with van der Waals surface area (Å²) in [6.07, 6.45) is 0.352. The van der Waals surface area contributed by atoms with Crippen molar-refractivity contribution >= 4 is 29.1 Å². The minimum atomic E-state index is -0.673. The molecule has 0 radical (unpaired) electrons. The molecule has 3 rings (SSSR count). The average molecular weight is 360 g/mol. The minimum Gasteiger partial charge on any atom is -0.333 e. The Bertz CT molecular complexity index is 845. The van der Waals surface area contributed by atoms with Gasteiger partial charge in [0.05, 0.1) is 17.7 Å². The molecule has 24 heavy (non-hydrogen) atoms. The summed E-state index contributed by atoms with van der Waals surface area (Å²) in [4.78, 5) is 14.3. The molecule has 1 heterocycles. The number of fused-ring (bicyclic) bond motifs is 1. The SMILES string of the molecule is N#Cc1ccc2c(c1)CN(C(=O)C(N)Cc1ccc(Cl)cc1Cl)C2. The zero-order valence-electron chi connectivity index (χ0n) is 12.8. The summed E-state index contributed by atoms with van der Waals surface area (Å²) in [5, 5.41) is 10.0. The summed E-state index contributed by atoms with van der Waals surface area (Å²) in [6.45, 7) is 0.994. The third-order valence-corrected chi connectivity index (χ3v) is 4.73. The maximum absolute atomic E-state index is 12.6. The monoisotopic (exact) mass is 359 g/mol. The smallest absolute Gasteiger partial charge is 0.240 e. The van der Waals surface area contributed by atoms with Gasteiger partial charge in [0, 0.05) is 23.1 Å². The van der Waals surface area contributed by atoms with Gasteiger partial charge in [0.2, 0.25) is 5.91 Å². The Morgan fingerprint density at radius 3 is 2.67 bits per heavy atom. The number of carbonyl (C=O) groups excluding carboxylic acids is 1. The Balaban J connectivity index is 1.70. The van der Waals surface area contributed by atoms with Crippen LogP contribution in [-0.4, -0.2) is 16.8 Å². The fourth-order valence-electron chi connectivity index (χ4n) is 2.87. The van der Waals surface area contributed by atoms with Crippen LogP contribution in [0.3, 0.4) is 0 Å². The zero-order valence-corrected chi connectivity index (χ0v) is 14.3. The van der Waals surface area contributed by atoms with Crippen molar-refractivity contribution in [2.75, 3.05) is 0 Å². The van der Waals surface area contributed by atoms with E-state index in [0.717, 1.165) is 16.7 Å². The largest absolute Gasteiger partial charge is 0.333 e. The van der Waals surface area contributed by atoms with Crippen LogP contribution in [0.15, 0.2) is 36.4 Å². The normalized spacial score (nSPS) is 14.2. The van der Waals surface area contributed by atoms with E-state index in [1.807, 2.05) is 12.1 Å². The molecule has 0 spiro atoms. The van der Waals surface area contributed by atoms with Crippen LogP contribution in [-0.2, 0) is 24.3 Å². The van der Waals surface area contributed by atoms with E-state index >= 15 is 0 Å². The van der Waals surface area contributed by atoms with E-state index in [2.05, 4.69) is 6.07 Å². The van der Waals surface area contributed by atoms with Crippen molar-refractivity contribution in [1.29, 1.82) is 5.26 Å². The van der Waals surface area contributed by atoms with Crippen molar-refractivity contribution in [3.8, 4) is 6.07 Å². The molecule has 2 aromatic rings. The molecular formula is C18H15Cl2N3O. The Morgan fingerprint density at radius 2 is 1.96 bits per heavy atom. The second-order valence-corrected chi connectivity index (χ2v) is 6.68. The lowest BCUT2D eigenvalue weighted by atomic mass is 10.1. The third-order valence-electron chi connectivity index (χ3n) is 4.14. The van der Waals surface area contributed by atoms with Gasteiger partial charge >= 0.3 is 0 Å². The van der Waals surface area contributed by atoms with Crippen LogP contribution in [0, 0.1) is 11.3 Å². The van der Waals surface area contributed by atoms with Crippen LogP contribution in [0.25, 0.3) is 0 Å². The molecule has 1 atom stereocenters. The summed E-state index contributed by atoms with van der Waals surface area (Å²) >= 11 is 12.0. The van der Waals surface area contributed by atoms with Crippen molar-refractivity contribution in [2.45, 2.75) is 25.6 Å². The van der Waals surface area contributed by atoms with Crippen LogP contribution < -0.4 is 5.73 Å². The average Bonchev–Trinajstić information content (AvgIpc) is 2.99. The highest BCUT2D eigenvalue weighted by molar-refractivity contribution is 6.35. The molecule has 1 amide bonds. The summed E-state index contributed by atoms with van der Waals surface area (Å²) in [5.74, 6) is -0.129. The summed E-state index contributed by atoms with van der Waals surface area (Å²) in [7, 11) is 0. The van der Waals surface area contributed by atoms with Gasteiger partial charge in [-0.25, -0.2) is 0 Å². The standard InChI is InChI=1S/C18H15Cl2N3O/c19-15-4-3-12(16(20)7-15)6-17(22)18(24)23-9-13-2-1-11(8-21)5-14(13)10-23/h1-5,7,17H,6,9-10,22H2. The first kappa shape index (κ1) is 16.8. The lowest BCUT2D eigenvalue weighted by molar-refractivity contribution is -0.133.